The number of urea groups is 1. The van der Waals surface area contributed by atoms with Crippen LogP contribution < -0.4 is 20.1 Å². The monoisotopic (exact) mass is 386 g/mol. The molecule has 5 nitrogen and oxygen atoms in total. The lowest BCUT2D eigenvalue weighted by Gasteiger charge is -2.54. The topological polar surface area (TPSA) is 59.6 Å². The number of methoxy groups -OCH3 is 1. The molecule has 150 valence electrons. The summed E-state index contributed by atoms with van der Waals surface area (Å²) in [6.45, 7) is 0.363. The number of carbonyl (C=O) groups excluding carboxylic acids is 1. The van der Waals surface area contributed by atoms with Gasteiger partial charge in [-0.15, -0.1) is 0 Å². The van der Waals surface area contributed by atoms with E-state index in [1.54, 1.807) is 13.0 Å². The summed E-state index contributed by atoms with van der Waals surface area (Å²) < 4.78 is 47.2. The normalized spacial score (nSPS) is 19.6. The molecule has 1 aromatic rings. The number of hydrogen-bond donors (Lipinski definition) is 2. The number of carbonyl (C=O) groups is 1. The lowest BCUT2D eigenvalue weighted by Crippen LogP contribution is -2.55. The highest BCUT2D eigenvalue weighted by atomic mass is 19.4. The van der Waals surface area contributed by atoms with Gasteiger partial charge in [0.25, 0.3) is 0 Å². The first-order valence-corrected chi connectivity index (χ1v) is 9.14. The van der Waals surface area contributed by atoms with Crippen LogP contribution in [0.25, 0.3) is 0 Å². The Kier molecular flexibility index (Phi) is 5.44. The number of alkyl halides is 3. The molecule has 0 bridgehead atoms. The van der Waals surface area contributed by atoms with Crippen LogP contribution in [0.4, 0.5) is 18.0 Å². The van der Waals surface area contributed by atoms with Crippen molar-refractivity contribution in [2.24, 2.45) is 5.41 Å². The Morgan fingerprint density at radius 2 is 2.00 bits per heavy atom. The fraction of sp³-hybridized carbons (Fsp3) is 0.632. The molecular weight excluding hydrogens is 361 g/mol. The molecule has 2 saturated carbocycles. The van der Waals surface area contributed by atoms with E-state index in [-0.39, 0.29) is 29.6 Å². The van der Waals surface area contributed by atoms with E-state index in [1.807, 2.05) is 0 Å². The molecule has 0 aromatic heterocycles. The number of rotatable bonds is 6. The van der Waals surface area contributed by atoms with E-state index < -0.39 is 12.8 Å². The first-order valence-electron chi connectivity index (χ1n) is 9.14. The molecule has 0 saturated heterocycles. The molecule has 2 N–H and O–H groups in total. The minimum absolute atomic E-state index is 0.00713. The summed E-state index contributed by atoms with van der Waals surface area (Å²) in [5.41, 5.74) is 1.11. The van der Waals surface area contributed by atoms with Crippen molar-refractivity contribution < 1.29 is 27.4 Å². The smallest absolute Gasteiger partial charge is 0.422 e. The quantitative estimate of drug-likeness (QED) is 0.765. The Labute approximate surface area is 156 Å². The molecule has 1 unspecified atom stereocenters. The average molecular weight is 386 g/mol. The van der Waals surface area contributed by atoms with Crippen LogP contribution in [0.15, 0.2) is 18.2 Å². The van der Waals surface area contributed by atoms with Gasteiger partial charge in [0.05, 0.1) is 13.2 Å². The zero-order valence-corrected chi connectivity index (χ0v) is 15.5. The maximum atomic E-state index is 12.4. The van der Waals surface area contributed by atoms with Crippen LogP contribution in [0.2, 0.25) is 0 Å². The van der Waals surface area contributed by atoms with Crippen molar-refractivity contribution in [2.45, 2.75) is 57.3 Å². The Bertz CT molecular complexity index is 681. The molecule has 1 atom stereocenters. The minimum Gasteiger partial charge on any atom is -0.493 e. The van der Waals surface area contributed by atoms with Gasteiger partial charge in [-0.05, 0) is 55.7 Å². The van der Waals surface area contributed by atoms with Gasteiger partial charge in [-0.2, -0.15) is 13.2 Å². The van der Waals surface area contributed by atoms with Crippen molar-refractivity contribution in [1.29, 1.82) is 0 Å². The summed E-state index contributed by atoms with van der Waals surface area (Å²) in [4.78, 5) is 12.2. The van der Waals surface area contributed by atoms with E-state index >= 15 is 0 Å². The molecule has 3 rings (SSSR count). The molecule has 1 aromatic carbocycles. The van der Waals surface area contributed by atoms with Crippen LogP contribution in [0, 0.1) is 5.41 Å². The Balaban J connectivity index is 1.55. The van der Waals surface area contributed by atoms with Crippen molar-refractivity contribution in [2.75, 3.05) is 13.7 Å². The van der Waals surface area contributed by atoms with Crippen LogP contribution in [0.5, 0.6) is 11.5 Å². The second-order valence-corrected chi connectivity index (χ2v) is 7.61. The van der Waals surface area contributed by atoms with Gasteiger partial charge < -0.3 is 20.1 Å². The van der Waals surface area contributed by atoms with Crippen LogP contribution in [0.1, 0.15) is 50.6 Å². The summed E-state index contributed by atoms with van der Waals surface area (Å²) in [5.74, 6) is 0.201. The number of ether oxygens (including phenoxy) is 2. The second kappa shape index (κ2) is 7.48. The van der Waals surface area contributed by atoms with Gasteiger partial charge in [0.15, 0.2) is 18.1 Å². The Morgan fingerprint density at radius 1 is 1.30 bits per heavy atom. The zero-order chi connectivity index (χ0) is 19.7. The molecule has 2 fully saturated rings. The number of amides is 2. The van der Waals surface area contributed by atoms with E-state index in [4.69, 9.17) is 9.47 Å². The summed E-state index contributed by atoms with van der Waals surface area (Å²) >= 11 is 0. The largest absolute Gasteiger partial charge is 0.493 e. The van der Waals surface area contributed by atoms with Crippen LogP contribution in [-0.4, -0.2) is 32.0 Å². The lowest BCUT2D eigenvalue weighted by atomic mass is 9.54. The molecule has 2 aliphatic carbocycles. The highest BCUT2D eigenvalue weighted by molar-refractivity contribution is 5.75. The first kappa shape index (κ1) is 19.6. The maximum Gasteiger partial charge on any atom is 0.422 e. The van der Waals surface area contributed by atoms with Gasteiger partial charge >= 0.3 is 12.2 Å². The molecule has 1 spiro atoms. The number of hydrogen-bond acceptors (Lipinski definition) is 3. The SMILES string of the molecule is COc1ccc(C(C)NC(=O)NC2CC3(CCC3)C2)cc1OCC(F)(F)F. The van der Waals surface area contributed by atoms with Gasteiger partial charge in [-0.1, -0.05) is 12.5 Å². The minimum atomic E-state index is -4.44. The fourth-order valence-electron chi connectivity index (χ4n) is 3.91. The molecule has 0 aliphatic heterocycles. The van der Waals surface area contributed by atoms with Crippen LogP contribution in [0.3, 0.4) is 0 Å². The van der Waals surface area contributed by atoms with Gasteiger partial charge in [-0.3, -0.25) is 0 Å². The summed E-state index contributed by atoms with van der Waals surface area (Å²) in [7, 11) is 1.36. The van der Waals surface area contributed by atoms with Crippen LogP contribution >= 0.6 is 0 Å². The molecule has 2 aliphatic rings. The van der Waals surface area contributed by atoms with Crippen molar-refractivity contribution in [3.8, 4) is 11.5 Å². The number of benzene rings is 1. The van der Waals surface area contributed by atoms with E-state index in [1.165, 1.54) is 38.5 Å². The molecule has 2 amide bonds. The fourth-order valence-corrected chi connectivity index (χ4v) is 3.91. The molecular formula is C19H25F3N2O3. The number of halogens is 3. The predicted octanol–water partition coefficient (Wildman–Crippen LogP) is 4.33. The molecule has 27 heavy (non-hydrogen) atoms. The lowest BCUT2D eigenvalue weighted by molar-refractivity contribution is -0.153. The predicted molar refractivity (Wildman–Crippen MR) is 93.9 cm³/mol. The molecule has 0 radical (unpaired) electrons. The Hall–Kier alpha value is -2.12. The Morgan fingerprint density at radius 3 is 2.56 bits per heavy atom. The van der Waals surface area contributed by atoms with E-state index in [0.717, 1.165) is 12.8 Å². The third-order valence-electron chi connectivity index (χ3n) is 5.53. The molecule has 8 heteroatoms. The van der Waals surface area contributed by atoms with Crippen molar-refractivity contribution in [1.82, 2.24) is 10.6 Å². The maximum absolute atomic E-state index is 12.4. The third-order valence-corrected chi connectivity index (χ3v) is 5.53. The van der Waals surface area contributed by atoms with Crippen LogP contribution in [-0.2, 0) is 0 Å². The summed E-state index contributed by atoms with van der Waals surface area (Å²) in [5, 5.41) is 5.79. The van der Waals surface area contributed by atoms with Gasteiger partial charge in [-0.25, -0.2) is 4.79 Å². The van der Waals surface area contributed by atoms with Gasteiger partial charge in [0.2, 0.25) is 0 Å². The van der Waals surface area contributed by atoms with E-state index in [9.17, 15) is 18.0 Å². The van der Waals surface area contributed by atoms with Gasteiger partial charge in [0, 0.05) is 6.04 Å². The average Bonchev–Trinajstić information content (AvgIpc) is 2.53. The van der Waals surface area contributed by atoms with Crippen molar-refractivity contribution >= 4 is 6.03 Å². The van der Waals surface area contributed by atoms with Crippen molar-refractivity contribution in [3.63, 3.8) is 0 Å². The first-order chi connectivity index (χ1) is 12.7. The summed E-state index contributed by atoms with van der Waals surface area (Å²) in [6, 6.07) is 4.24. The van der Waals surface area contributed by atoms with E-state index in [2.05, 4.69) is 10.6 Å². The molecule has 0 heterocycles. The zero-order valence-electron chi connectivity index (χ0n) is 15.5. The highest BCUT2D eigenvalue weighted by Crippen LogP contribution is 2.55. The van der Waals surface area contributed by atoms with Gasteiger partial charge in [0.1, 0.15) is 0 Å². The highest BCUT2D eigenvalue weighted by Gasteiger charge is 2.48. The summed E-state index contributed by atoms with van der Waals surface area (Å²) in [6.07, 6.45) is 1.43. The second-order valence-electron chi connectivity index (χ2n) is 7.61. The third kappa shape index (κ3) is 4.78. The van der Waals surface area contributed by atoms with Crippen molar-refractivity contribution in [3.05, 3.63) is 23.8 Å². The standard InChI is InChI=1S/C19H25F3N2O3/c1-12(23-17(25)24-14-9-18(10-14)6-3-7-18)13-4-5-15(26-2)16(8-13)27-11-19(20,21)22/h4-5,8,12,14H,3,6-7,9-11H2,1-2H3,(H2,23,24,25). The van der Waals surface area contributed by atoms with E-state index in [0.29, 0.717) is 11.0 Å². The number of nitrogens with one attached hydrogen (secondary N) is 2.